The average molecular weight is 361 g/mol. The normalized spacial score (nSPS) is 13.0. The molecule has 2 heterocycles. The van der Waals surface area contributed by atoms with Gasteiger partial charge in [0.15, 0.2) is 0 Å². The smallest absolute Gasteiger partial charge is 0.239 e. The first kappa shape index (κ1) is 15.3. The first-order valence-corrected chi connectivity index (χ1v) is 9.77. The number of imidazole rings is 1. The van der Waals surface area contributed by atoms with Gasteiger partial charge in [-0.05, 0) is 46.9 Å². The van der Waals surface area contributed by atoms with E-state index >= 15 is 0 Å². The van der Waals surface area contributed by atoms with Gasteiger partial charge in [0, 0.05) is 18.0 Å². The number of benzene rings is 2. The van der Waals surface area contributed by atoms with Crippen LogP contribution in [0, 0.1) is 0 Å². The summed E-state index contributed by atoms with van der Waals surface area (Å²) >= 11 is 0. The second-order valence-electron chi connectivity index (χ2n) is 6.51. The lowest BCUT2D eigenvalue weighted by atomic mass is 10.0. The van der Waals surface area contributed by atoms with Crippen molar-refractivity contribution in [1.82, 2.24) is 9.38 Å². The number of hydrogen-bond acceptors (Lipinski definition) is 3. The fourth-order valence-corrected chi connectivity index (χ4v) is 4.08. The number of hydrogen-bond donors (Lipinski definition) is 1. The van der Waals surface area contributed by atoms with E-state index in [2.05, 4.69) is 47.4 Å². The van der Waals surface area contributed by atoms with E-state index in [1.54, 1.807) is 10.5 Å². The van der Waals surface area contributed by atoms with Crippen molar-refractivity contribution in [3.8, 4) is 22.4 Å². The first-order chi connectivity index (χ1) is 12.5. The number of primary sulfonamides is 1. The Morgan fingerprint density at radius 3 is 2.58 bits per heavy atom. The maximum atomic E-state index is 11.5. The highest BCUT2D eigenvalue weighted by atomic mass is 32.2. The van der Waals surface area contributed by atoms with Crippen LogP contribution in [0.15, 0.2) is 71.9 Å². The summed E-state index contributed by atoms with van der Waals surface area (Å²) in [6, 6.07) is 17.9. The number of nitrogens with zero attached hydrogens (tertiary/aromatic N) is 2. The molecule has 4 aromatic rings. The van der Waals surface area contributed by atoms with Crippen LogP contribution in [-0.4, -0.2) is 17.8 Å². The number of fused-ring (bicyclic) bond motifs is 4. The standard InChI is InChI=1S/C20H15N3O2S/c21-26(24,25)16-7-8-20-22-19(12-23(20)11-16)15-6-5-14-9-13-3-1-2-4-17(13)18(14)10-15/h1-8,10-12H,9H2,(H2,21,24,25). The minimum atomic E-state index is -3.74. The van der Waals surface area contributed by atoms with E-state index in [1.807, 2.05) is 6.20 Å². The van der Waals surface area contributed by atoms with Crippen LogP contribution in [0.4, 0.5) is 0 Å². The molecule has 0 radical (unpaired) electrons. The molecule has 0 bridgehead atoms. The second kappa shape index (κ2) is 5.27. The zero-order valence-electron chi connectivity index (χ0n) is 13.8. The Balaban J connectivity index is 1.63. The molecule has 5 nitrogen and oxygen atoms in total. The van der Waals surface area contributed by atoms with E-state index < -0.39 is 10.0 Å². The average Bonchev–Trinajstić information content (AvgIpc) is 3.21. The lowest BCUT2D eigenvalue weighted by Gasteiger charge is -2.03. The number of aromatic nitrogens is 2. The third-order valence-corrected chi connectivity index (χ3v) is 5.75. The zero-order valence-corrected chi connectivity index (χ0v) is 14.6. The van der Waals surface area contributed by atoms with Gasteiger partial charge in [0.1, 0.15) is 5.65 Å². The van der Waals surface area contributed by atoms with Gasteiger partial charge < -0.3 is 4.40 Å². The van der Waals surface area contributed by atoms with Gasteiger partial charge in [-0.15, -0.1) is 0 Å². The van der Waals surface area contributed by atoms with Gasteiger partial charge in [-0.1, -0.05) is 36.4 Å². The minimum absolute atomic E-state index is 0.0665. The zero-order chi connectivity index (χ0) is 17.9. The highest BCUT2D eigenvalue weighted by Crippen LogP contribution is 2.38. The van der Waals surface area contributed by atoms with Crippen molar-refractivity contribution in [2.45, 2.75) is 11.3 Å². The molecule has 0 saturated heterocycles. The number of pyridine rings is 1. The molecule has 6 heteroatoms. The van der Waals surface area contributed by atoms with Crippen molar-refractivity contribution in [3.05, 3.63) is 78.1 Å². The fourth-order valence-electron chi connectivity index (χ4n) is 3.56. The van der Waals surface area contributed by atoms with Gasteiger partial charge in [0.05, 0.1) is 10.6 Å². The molecule has 1 aliphatic rings. The van der Waals surface area contributed by atoms with E-state index in [9.17, 15) is 8.42 Å². The molecule has 0 unspecified atom stereocenters. The van der Waals surface area contributed by atoms with Crippen LogP contribution in [0.3, 0.4) is 0 Å². The molecule has 0 aliphatic heterocycles. The molecule has 2 aromatic carbocycles. The monoisotopic (exact) mass is 361 g/mol. The maximum absolute atomic E-state index is 11.5. The van der Waals surface area contributed by atoms with Crippen LogP contribution in [0.5, 0.6) is 0 Å². The number of nitrogens with two attached hydrogens (primary N) is 1. The molecule has 0 amide bonds. The molecule has 26 heavy (non-hydrogen) atoms. The molecule has 0 saturated carbocycles. The molecule has 128 valence electrons. The maximum Gasteiger partial charge on any atom is 0.239 e. The van der Waals surface area contributed by atoms with Crippen LogP contribution in [0.1, 0.15) is 11.1 Å². The summed E-state index contributed by atoms with van der Waals surface area (Å²) in [5.41, 5.74) is 7.63. The predicted molar refractivity (Wildman–Crippen MR) is 100 cm³/mol. The molecule has 2 N–H and O–H groups in total. The van der Waals surface area contributed by atoms with E-state index in [0.29, 0.717) is 5.65 Å². The Labute approximate surface area is 150 Å². The van der Waals surface area contributed by atoms with Gasteiger partial charge in [-0.25, -0.2) is 18.5 Å². The Morgan fingerprint density at radius 1 is 0.923 bits per heavy atom. The Hall–Kier alpha value is -2.96. The van der Waals surface area contributed by atoms with E-state index in [1.165, 1.54) is 34.5 Å². The van der Waals surface area contributed by atoms with E-state index in [4.69, 9.17) is 5.14 Å². The molecule has 0 spiro atoms. The molecule has 0 fully saturated rings. The van der Waals surface area contributed by atoms with Gasteiger partial charge in [0.25, 0.3) is 0 Å². The van der Waals surface area contributed by atoms with Crippen LogP contribution < -0.4 is 5.14 Å². The SMILES string of the molecule is NS(=O)(=O)c1ccc2nc(-c3ccc4c(c3)-c3ccccc3C4)cn2c1. The summed E-state index contributed by atoms with van der Waals surface area (Å²) in [5.74, 6) is 0. The van der Waals surface area contributed by atoms with Gasteiger partial charge >= 0.3 is 0 Å². The minimum Gasteiger partial charge on any atom is -0.305 e. The van der Waals surface area contributed by atoms with Crippen molar-refractivity contribution < 1.29 is 8.42 Å². The van der Waals surface area contributed by atoms with Gasteiger partial charge in [-0.2, -0.15) is 0 Å². The third-order valence-electron chi connectivity index (χ3n) is 4.85. The molecule has 0 atom stereocenters. The molecule has 5 rings (SSSR count). The largest absolute Gasteiger partial charge is 0.305 e. The van der Waals surface area contributed by atoms with Crippen LogP contribution >= 0.6 is 0 Å². The third kappa shape index (κ3) is 2.34. The van der Waals surface area contributed by atoms with E-state index in [0.717, 1.165) is 17.7 Å². The fraction of sp³-hybridized carbons (Fsp3) is 0.0500. The summed E-state index contributed by atoms with van der Waals surface area (Å²) in [5, 5.41) is 5.21. The molecule has 2 aromatic heterocycles. The highest BCUT2D eigenvalue weighted by Gasteiger charge is 2.19. The number of sulfonamides is 1. The van der Waals surface area contributed by atoms with Crippen molar-refractivity contribution in [3.63, 3.8) is 0 Å². The van der Waals surface area contributed by atoms with Crippen molar-refractivity contribution in [2.24, 2.45) is 5.14 Å². The summed E-state index contributed by atoms with van der Waals surface area (Å²) in [7, 11) is -3.74. The van der Waals surface area contributed by atoms with Crippen molar-refractivity contribution >= 4 is 15.7 Å². The predicted octanol–water partition coefficient (Wildman–Crippen LogP) is 3.22. The van der Waals surface area contributed by atoms with Crippen LogP contribution in [0.2, 0.25) is 0 Å². The van der Waals surface area contributed by atoms with Gasteiger partial charge in [0.2, 0.25) is 10.0 Å². The number of rotatable bonds is 2. The lowest BCUT2D eigenvalue weighted by Crippen LogP contribution is -2.12. The highest BCUT2D eigenvalue weighted by molar-refractivity contribution is 7.89. The lowest BCUT2D eigenvalue weighted by molar-refractivity contribution is 0.597. The van der Waals surface area contributed by atoms with E-state index in [-0.39, 0.29) is 4.90 Å². The second-order valence-corrected chi connectivity index (χ2v) is 8.07. The van der Waals surface area contributed by atoms with Crippen molar-refractivity contribution in [2.75, 3.05) is 0 Å². The Bertz CT molecular complexity index is 1290. The Kier molecular flexibility index (Phi) is 3.10. The van der Waals surface area contributed by atoms with Crippen LogP contribution in [0.25, 0.3) is 28.0 Å². The Morgan fingerprint density at radius 2 is 1.73 bits per heavy atom. The molecular formula is C20H15N3O2S. The molecule has 1 aliphatic carbocycles. The van der Waals surface area contributed by atoms with Crippen molar-refractivity contribution in [1.29, 1.82) is 0 Å². The first-order valence-electron chi connectivity index (χ1n) is 8.22. The van der Waals surface area contributed by atoms with Gasteiger partial charge in [-0.3, -0.25) is 0 Å². The topological polar surface area (TPSA) is 77.5 Å². The summed E-state index contributed by atoms with van der Waals surface area (Å²) in [6.07, 6.45) is 4.27. The quantitative estimate of drug-likeness (QED) is 0.524. The van der Waals surface area contributed by atoms with Crippen LogP contribution in [-0.2, 0) is 16.4 Å². The summed E-state index contributed by atoms with van der Waals surface area (Å²) in [4.78, 5) is 4.68. The summed E-state index contributed by atoms with van der Waals surface area (Å²) in [6.45, 7) is 0. The molecular weight excluding hydrogens is 346 g/mol. The summed E-state index contributed by atoms with van der Waals surface area (Å²) < 4.78 is 24.8.